The van der Waals surface area contributed by atoms with E-state index in [4.69, 9.17) is 30.3 Å². The van der Waals surface area contributed by atoms with Crippen LogP contribution in [0.5, 0.6) is 0 Å². The molecule has 6 N–H and O–H groups in total. The Bertz CT molecular complexity index is 2330. The molecular formula is C31H33F2N10O10PS. The number of carbonyl (C=O) groups is 2. The molecule has 2 amide bonds. The Kier molecular flexibility index (Phi) is 10.8. The molecule has 2 aliphatic heterocycles. The number of aromatic nitrogens is 8. The fourth-order valence-electron chi connectivity index (χ4n) is 5.93. The fraction of sp³-hybridized carbons (Fsp3) is 0.419. The van der Waals surface area contributed by atoms with E-state index in [1.165, 1.54) is 10.9 Å². The largest absolute Gasteiger partial charge is 0.394 e. The second-order valence-electron chi connectivity index (χ2n) is 12.8. The summed E-state index contributed by atoms with van der Waals surface area (Å²) in [5, 5.41) is 25.7. The summed E-state index contributed by atoms with van der Waals surface area (Å²) < 4.78 is 55.9. The number of hydrogen-bond acceptors (Lipinski definition) is 15. The molecule has 9 atom stereocenters. The predicted octanol–water partition coefficient (Wildman–Crippen LogP) is 1.25. The summed E-state index contributed by atoms with van der Waals surface area (Å²) in [4.78, 5) is 71.8. The van der Waals surface area contributed by atoms with Gasteiger partial charge in [0.05, 0.1) is 25.9 Å². The Balaban J connectivity index is 1.06. The maximum absolute atomic E-state index is 15.7. The van der Waals surface area contributed by atoms with Gasteiger partial charge in [0.2, 0.25) is 11.9 Å². The van der Waals surface area contributed by atoms with Crippen molar-refractivity contribution in [3.63, 3.8) is 0 Å². The van der Waals surface area contributed by atoms with Crippen molar-refractivity contribution in [2.45, 2.75) is 63.1 Å². The molecule has 20 nitrogen and oxygen atoms in total. The predicted molar refractivity (Wildman–Crippen MR) is 189 cm³/mol. The molecule has 1 unspecified atom stereocenters. The number of nitrogens with zero attached hydrogens (tertiary/aromatic N) is 7. The van der Waals surface area contributed by atoms with Crippen molar-refractivity contribution >= 4 is 64.4 Å². The number of rotatable bonds is 12. The highest BCUT2D eigenvalue weighted by Crippen LogP contribution is 2.51. The number of aliphatic hydroxyl groups is 2. The minimum atomic E-state index is -4.47. The van der Waals surface area contributed by atoms with Gasteiger partial charge >= 0.3 is 6.72 Å². The van der Waals surface area contributed by atoms with Gasteiger partial charge in [-0.25, -0.2) is 28.7 Å². The van der Waals surface area contributed by atoms with Crippen LogP contribution in [0, 0.1) is 5.92 Å². The second-order valence-corrected chi connectivity index (χ2v) is 15.6. The number of alkyl halides is 2. The molecule has 0 radical (unpaired) electrons. The molecule has 2 aliphatic rings. The number of carbonyl (C=O) groups excluding carboxylic acids is 2. The van der Waals surface area contributed by atoms with Crippen LogP contribution in [-0.2, 0) is 35.1 Å². The van der Waals surface area contributed by atoms with Gasteiger partial charge in [0.15, 0.2) is 52.9 Å². The summed E-state index contributed by atoms with van der Waals surface area (Å²) in [5.41, 5.74) is -0.587. The van der Waals surface area contributed by atoms with Crippen LogP contribution < -0.4 is 16.2 Å². The first-order chi connectivity index (χ1) is 26.3. The molecule has 0 bridgehead atoms. The summed E-state index contributed by atoms with van der Waals surface area (Å²) in [6.45, 7) is -2.77. The lowest BCUT2D eigenvalue weighted by molar-refractivity contribution is -0.118. The Morgan fingerprint density at radius 3 is 2.40 bits per heavy atom. The van der Waals surface area contributed by atoms with Gasteiger partial charge in [0.1, 0.15) is 30.7 Å². The summed E-state index contributed by atoms with van der Waals surface area (Å²) >= 11 is 5.16. The van der Waals surface area contributed by atoms with Crippen molar-refractivity contribution in [3.8, 4) is 0 Å². The highest BCUT2D eigenvalue weighted by molar-refractivity contribution is 8.07. The van der Waals surface area contributed by atoms with E-state index in [0.717, 1.165) is 17.2 Å². The van der Waals surface area contributed by atoms with Gasteiger partial charge in [0, 0.05) is 11.5 Å². The van der Waals surface area contributed by atoms with Crippen LogP contribution in [0.4, 0.5) is 20.5 Å². The third-order valence-corrected chi connectivity index (χ3v) is 10.3. The maximum atomic E-state index is 15.7. The average Bonchev–Trinajstić information content (AvgIpc) is 3.92. The smallest absolute Gasteiger partial charge is 0.325 e. The molecule has 292 valence electrons. The number of halogens is 2. The molecule has 0 saturated carbocycles. The SMILES string of the molecule is CC(C)C(=O)Nc1nc2c(ncn2[C@@H]2O[C@H](CO)[C@@H](F)[C@H]2OP(O)(=S)OC[C@H]2O[C@@H](n3cnc4c(NC(=O)c5ccccc5)ncnc43)[C@@H](F)[C@@H]2O)c(=O)[nH]1. The number of nitrogens with one attached hydrogen (secondary N) is 3. The van der Waals surface area contributed by atoms with Gasteiger partial charge in [-0.15, -0.1) is 0 Å². The van der Waals surface area contributed by atoms with Crippen molar-refractivity contribution in [3.05, 3.63) is 65.2 Å². The number of fused-ring (bicyclic) bond motifs is 2. The molecule has 4 aromatic heterocycles. The minimum Gasteiger partial charge on any atom is -0.394 e. The first-order valence-corrected chi connectivity index (χ1v) is 19.2. The summed E-state index contributed by atoms with van der Waals surface area (Å²) in [5.74, 6) is -1.58. The normalized spacial score (nSPS) is 26.5. The molecule has 6 heterocycles. The Labute approximate surface area is 313 Å². The maximum Gasteiger partial charge on any atom is 0.325 e. The first-order valence-electron chi connectivity index (χ1n) is 16.6. The molecular weight excluding hydrogens is 773 g/mol. The quantitative estimate of drug-likeness (QED) is 0.0969. The third-order valence-electron chi connectivity index (χ3n) is 8.77. The Morgan fingerprint density at radius 1 is 1.00 bits per heavy atom. The lowest BCUT2D eigenvalue weighted by atomic mass is 10.1. The highest BCUT2D eigenvalue weighted by atomic mass is 32.5. The van der Waals surface area contributed by atoms with E-state index in [1.54, 1.807) is 44.2 Å². The van der Waals surface area contributed by atoms with E-state index < -0.39 is 92.4 Å². The Hall–Kier alpha value is -4.71. The van der Waals surface area contributed by atoms with Crippen molar-refractivity contribution in [1.29, 1.82) is 0 Å². The summed E-state index contributed by atoms with van der Waals surface area (Å²) in [6.07, 6.45) is -10.3. The van der Waals surface area contributed by atoms with E-state index in [2.05, 4.69) is 40.5 Å². The molecule has 24 heteroatoms. The summed E-state index contributed by atoms with van der Waals surface area (Å²) in [6, 6.07) is 8.33. The van der Waals surface area contributed by atoms with E-state index in [9.17, 15) is 29.5 Å². The number of amides is 2. The molecule has 55 heavy (non-hydrogen) atoms. The van der Waals surface area contributed by atoms with Crippen LogP contribution in [0.3, 0.4) is 0 Å². The molecule has 5 aromatic rings. The van der Waals surface area contributed by atoms with Crippen molar-refractivity contribution in [2.24, 2.45) is 5.92 Å². The number of imidazole rings is 2. The van der Waals surface area contributed by atoms with E-state index >= 15 is 8.78 Å². The van der Waals surface area contributed by atoms with Crippen molar-refractivity contribution < 1.29 is 52.0 Å². The van der Waals surface area contributed by atoms with Crippen molar-refractivity contribution in [1.82, 2.24) is 39.0 Å². The fourth-order valence-corrected chi connectivity index (χ4v) is 7.33. The van der Waals surface area contributed by atoms with E-state index in [0.29, 0.717) is 5.56 Å². The van der Waals surface area contributed by atoms with Gasteiger partial charge in [-0.1, -0.05) is 32.0 Å². The van der Waals surface area contributed by atoms with Crippen LogP contribution in [0.25, 0.3) is 22.3 Å². The topological polar surface area (TPSA) is 263 Å². The standard InChI is InChI=1S/C31H33F2N10O10PS/c1-13(2)26(46)40-31-39-25-20(28(48)41-31)37-12-43(25)30-22(17(32)15(8-44)51-30)53-54(49,55)50-9-16-21(45)18(33)29(52-16)42-11-36-19-23(34-10-35-24(19)42)38-27(47)14-6-4-3-5-7-14/h3-7,10-13,15-18,21-22,29-30,44-45H,8-9H2,1-2H3,(H,49,55)(H,34,35,38,47)(H2,39,40,41,46,48)/t15-,16-,17-,18+,21-,22-,29-,30-,54?/m1/s1. The lowest BCUT2D eigenvalue weighted by Crippen LogP contribution is -2.33. The average molecular weight is 807 g/mol. The zero-order valence-electron chi connectivity index (χ0n) is 28.7. The highest BCUT2D eigenvalue weighted by Gasteiger charge is 2.51. The monoisotopic (exact) mass is 806 g/mol. The van der Waals surface area contributed by atoms with E-state index in [-0.39, 0.29) is 34.1 Å². The molecule has 7 rings (SSSR count). The van der Waals surface area contributed by atoms with Gasteiger partial charge in [0.25, 0.3) is 11.5 Å². The van der Waals surface area contributed by atoms with Crippen molar-refractivity contribution in [2.75, 3.05) is 23.8 Å². The Morgan fingerprint density at radius 2 is 1.69 bits per heavy atom. The molecule has 0 spiro atoms. The second kappa shape index (κ2) is 15.4. The van der Waals surface area contributed by atoms with Gasteiger partial charge in [-0.3, -0.25) is 38.3 Å². The van der Waals surface area contributed by atoms with Crippen LogP contribution >= 0.6 is 6.72 Å². The number of aromatic amines is 1. The van der Waals surface area contributed by atoms with Crippen LogP contribution in [0.2, 0.25) is 0 Å². The number of ether oxygens (including phenoxy) is 2. The lowest BCUT2D eigenvalue weighted by Gasteiger charge is -2.26. The van der Waals surface area contributed by atoms with Gasteiger partial charge < -0.3 is 34.4 Å². The zero-order valence-corrected chi connectivity index (χ0v) is 30.4. The summed E-state index contributed by atoms with van der Waals surface area (Å²) in [7, 11) is 0. The zero-order chi connectivity index (χ0) is 39.2. The van der Waals surface area contributed by atoms with Crippen LogP contribution in [0.15, 0.2) is 54.1 Å². The number of hydrogen-bond donors (Lipinski definition) is 6. The van der Waals surface area contributed by atoms with Gasteiger partial charge in [-0.2, -0.15) is 4.98 Å². The molecule has 1 aromatic carbocycles. The first kappa shape index (κ1) is 38.6. The minimum absolute atomic E-state index is 0.0398. The number of anilines is 2. The molecule has 2 fully saturated rings. The van der Waals surface area contributed by atoms with Crippen LogP contribution in [0.1, 0.15) is 36.7 Å². The van der Waals surface area contributed by atoms with Crippen LogP contribution in [-0.4, -0.2) is 116 Å². The third kappa shape index (κ3) is 7.62. The van der Waals surface area contributed by atoms with Gasteiger partial charge in [-0.05, 0) is 23.9 Å². The number of H-pyrrole nitrogens is 1. The number of benzene rings is 1. The van der Waals surface area contributed by atoms with E-state index in [1.807, 2.05) is 0 Å². The number of aliphatic hydroxyl groups excluding tert-OH is 2. The molecule has 0 aliphatic carbocycles. The molecule has 2 saturated heterocycles.